The number of amides is 1. The van der Waals surface area contributed by atoms with Gasteiger partial charge in [0.25, 0.3) is 5.91 Å². The zero-order valence-electron chi connectivity index (χ0n) is 11.3. The van der Waals surface area contributed by atoms with Crippen LogP contribution in [-0.4, -0.2) is 42.7 Å². The van der Waals surface area contributed by atoms with E-state index in [0.717, 1.165) is 31.6 Å². The van der Waals surface area contributed by atoms with Gasteiger partial charge in [-0.3, -0.25) is 4.79 Å². The second kappa shape index (κ2) is 5.55. The van der Waals surface area contributed by atoms with Crippen molar-refractivity contribution < 1.29 is 4.79 Å². The Kier molecular flexibility index (Phi) is 3.80. The summed E-state index contributed by atoms with van der Waals surface area (Å²) in [6.07, 6.45) is 4.45. The fourth-order valence-corrected chi connectivity index (χ4v) is 3.63. The molecular formula is C15H20N2OS. The largest absolute Gasteiger partial charge is 0.334 e. The van der Waals surface area contributed by atoms with Crippen LogP contribution in [-0.2, 0) is 0 Å². The Morgan fingerprint density at radius 1 is 1.32 bits per heavy atom. The maximum atomic E-state index is 12.6. The zero-order valence-corrected chi connectivity index (χ0v) is 12.1. The Bertz CT molecular complexity index is 460. The summed E-state index contributed by atoms with van der Waals surface area (Å²) in [6, 6.07) is 8.39. The normalized spacial score (nSPS) is 26.3. The van der Waals surface area contributed by atoms with Gasteiger partial charge in [-0.25, -0.2) is 0 Å². The average molecular weight is 276 g/mol. The molecule has 1 amide bonds. The molecule has 1 N–H and O–H groups in total. The van der Waals surface area contributed by atoms with Gasteiger partial charge < -0.3 is 10.2 Å². The fraction of sp³-hybridized carbons (Fsp3) is 0.533. The van der Waals surface area contributed by atoms with Gasteiger partial charge in [0.2, 0.25) is 0 Å². The minimum absolute atomic E-state index is 0.200. The molecule has 1 aromatic rings. The summed E-state index contributed by atoms with van der Waals surface area (Å²) in [7, 11) is 0. The summed E-state index contributed by atoms with van der Waals surface area (Å²) >= 11 is 1.71. The predicted molar refractivity (Wildman–Crippen MR) is 78.6 cm³/mol. The molecule has 0 saturated carbocycles. The summed E-state index contributed by atoms with van der Waals surface area (Å²) < 4.78 is 0. The zero-order chi connectivity index (χ0) is 13.2. The summed E-state index contributed by atoms with van der Waals surface area (Å²) in [5.41, 5.74) is 0.824. The molecule has 2 unspecified atom stereocenters. The molecule has 2 fully saturated rings. The van der Waals surface area contributed by atoms with Gasteiger partial charge in [-0.2, -0.15) is 0 Å². The molecule has 0 bridgehead atoms. The van der Waals surface area contributed by atoms with Crippen LogP contribution in [0.2, 0.25) is 0 Å². The number of piperidine rings is 1. The van der Waals surface area contributed by atoms with Crippen molar-refractivity contribution in [2.75, 3.05) is 25.9 Å². The number of nitrogens with zero attached hydrogens (tertiary/aromatic N) is 1. The molecule has 3 rings (SSSR count). The quantitative estimate of drug-likeness (QED) is 0.841. The second-order valence-electron chi connectivity index (χ2n) is 5.35. The third kappa shape index (κ3) is 2.51. The third-order valence-electron chi connectivity index (χ3n) is 4.28. The lowest BCUT2D eigenvalue weighted by molar-refractivity contribution is 0.0574. The maximum Gasteiger partial charge on any atom is 0.254 e. The van der Waals surface area contributed by atoms with E-state index in [1.165, 1.54) is 11.3 Å². The minimum Gasteiger partial charge on any atom is -0.334 e. The maximum absolute atomic E-state index is 12.6. The molecule has 1 aromatic carbocycles. The molecule has 0 aromatic heterocycles. The van der Waals surface area contributed by atoms with Crippen molar-refractivity contribution in [2.45, 2.75) is 23.8 Å². The first-order valence-corrected chi connectivity index (χ1v) is 8.18. The van der Waals surface area contributed by atoms with Gasteiger partial charge in [0.15, 0.2) is 0 Å². The second-order valence-corrected chi connectivity index (χ2v) is 6.23. The lowest BCUT2D eigenvalue weighted by Crippen LogP contribution is -2.48. The van der Waals surface area contributed by atoms with Crippen molar-refractivity contribution in [1.29, 1.82) is 0 Å². The Hall–Kier alpha value is -1.00. The molecule has 102 valence electrons. The highest BCUT2D eigenvalue weighted by Gasteiger charge is 2.37. The Balaban J connectivity index is 1.78. The molecule has 3 nitrogen and oxygen atoms in total. The number of rotatable bonds is 2. The highest BCUT2D eigenvalue weighted by molar-refractivity contribution is 7.98. The number of nitrogens with one attached hydrogen (secondary N) is 1. The summed E-state index contributed by atoms with van der Waals surface area (Å²) in [5.74, 6) is 0.856. The van der Waals surface area contributed by atoms with Crippen LogP contribution in [0.15, 0.2) is 29.2 Å². The van der Waals surface area contributed by atoms with E-state index in [4.69, 9.17) is 0 Å². The van der Waals surface area contributed by atoms with Crippen LogP contribution in [0.3, 0.4) is 0 Å². The van der Waals surface area contributed by atoms with E-state index in [1.807, 2.05) is 24.3 Å². The minimum atomic E-state index is 0.200. The number of thioether (sulfide) groups is 1. The molecule has 2 saturated heterocycles. The van der Waals surface area contributed by atoms with Crippen LogP contribution >= 0.6 is 11.8 Å². The van der Waals surface area contributed by atoms with E-state index in [0.29, 0.717) is 12.0 Å². The molecular weight excluding hydrogens is 256 g/mol. The number of fused-ring (bicyclic) bond motifs is 1. The van der Waals surface area contributed by atoms with Crippen molar-refractivity contribution in [2.24, 2.45) is 5.92 Å². The van der Waals surface area contributed by atoms with E-state index in [-0.39, 0.29) is 5.91 Å². The first-order chi connectivity index (χ1) is 9.29. The lowest BCUT2D eigenvalue weighted by atomic mass is 9.91. The number of hydrogen-bond acceptors (Lipinski definition) is 3. The van der Waals surface area contributed by atoms with Crippen molar-refractivity contribution in [3.05, 3.63) is 29.8 Å². The van der Waals surface area contributed by atoms with Gasteiger partial charge in [0, 0.05) is 36.1 Å². The molecule has 0 spiro atoms. The van der Waals surface area contributed by atoms with Crippen LogP contribution in [0.4, 0.5) is 0 Å². The first kappa shape index (κ1) is 13.0. The third-order valence-corrected chi connectivity index (χ3v) is 5.02. The molecule has 0 aliphatic carbocycles. The topological polar surface area (TPSA) is 32.3 Å². The van der Waals surface area contributed by atoms with Crippen molar-refractivity contribution in [1.82, 2.24) is 10.2 Å². The highest BCUT2D eigenvalue weighted by atomic mass is 32.2. The smallest absolute Gasteiger partial charge is 0.254 e. The van der Waals surface area contributed by atoms with Gasteiger partial charge in [0.1, 0.15) is 0 Å². The number of hydrogen-bond donors (Lipinski definition) is 1. The van der Waals surface area contributed by atoms with Gasteiger partial charge in [0.05, 0.1) is 0 Å². The molecule has 19 heavy (non-hydrogen) atoms. The van der Waals surface area contributed by atoms with Gasteiger partial charge in [-0.1, -0.05) is 0 Å². The average Bonchev–Trinajstić information content (AvgIpc) is 2.95. The molecule has 0 radical (unpaired) electrons. The Morgan fingerprint density at radius 2 is 2.11 bits per heavy atom. The van der Waals surface area contributed by atoms with Crippen molar-refractivity contribution in [3.8, 4) is 0 Å². The van der Waals surface area contributed by atoms with Crippen LogP contribution in [0.25, 0.3) is 0 Å². The van der Waals surface area contributed by atoms with Crippen LogP contribution in [0, 0.1) is 5.92 Å². The standard InChI is InChI=1S/C15H20N2OS/c1-19-13-6-4-11(5-7-13)15(18)17-8-2-3-12-9-16-10-14(12)17/h4-7,12,14,16H,2-3,8-10H2,1H3. The molecule has 2 aliphatic heterocycles. The number of likely N-dealkylation sites (tertiary alicyclic amines) is 1. The number of benzene rings is 1. The van der Waals surface area contributed by atoms with Crippen LogP contribution in [0.1, 0.15) is 23.2 Å². The summed E-state index contributed by atoms with van der Waals surface area (Å²) in [5, 5.41) is 3.42. The molecule has 2 atom stereocenters. The highest BCUT2D eigenvalue weighted by Crippen LogP contribution is 2.28. The van der Waals surface area contributed by atoms with Gasteiger partial charge in [-0.15, -0.1) is 11.8 Å². The summed E-state index contributed by atoms with van der Waals surface area (Å²) in [6.45, 7) is 2.94. The SMILES string of the molecule is CSc1ccc(C(=O)N2CCCC3CNCC32)cc1. The van der Waals surface area contributed by atoms with E-state index >= 15 is 0 Å². The fourth-order valence-electron chi connectivity index (χ4n) is 3.22. The number of carbonyl (C=O) groups excluding carboxylic acids is 1. The Morgan fingerprint density at radius 3 is 2.84 bits per heavy atom. The molecule has 2 heterocycles. The lowest BCUT2D eigenvalue weighted by Gasteiger charge is -2.37. The Labute approximate surface area is 118 Å². The van der Waals surface area contributed by atoms with Gasteiger partial charge >= 0.3 is 0 Å². The van der Waals surface area contributed by atoms with E-state index in [1.54, 1.807) is 11.8 Å². The van der Waals surface area contributed by atoms with Crippen molar-refractivity contribution >= 4 is 17.7 Å². The van der Waals surface area contributed by atoms with Crippen LogP contribution < -0.4 is 5.32 Å². The number of carbonyl (C=O) groups is 1. The summed E-state index contributed by atoms with van der Waals surface area (Å²) in [4.78, 5) is 15.9. The first-order valence-electron chi connectivity index (χ1n) is 6.95. The monoisotopic (exact) mass is 276 g/mol. The molecule has 4 heteroatoms. The van der Waals surface area contributed by atoms with Crippen molar-refractivity contribution in [3.63, 3.8) is 0 Å². The van der Waals surface area contributed by atoms with Crippen LogP contribution in [0.5, 0.6) is 0 Å². The van der Waals surface area contributed by atoms with Gasteiger partial charge in [-0.05, 0) is 49.3 Å². The van der Waals surface area contributed by atoms with E-state index < -0.39 is 0 Å². The predicted octanol–water partition coefficient (Wildman–Crippen LogP) is 2.23. The van der Waals surface area contributed by atoms with E-state index in [2.05, 4.69) is 16.5 Å². The van der Waals surface area contributed by atoms with E-state index in [9.17, 15) is 4.79 Å². The molecule has 2 aliphatic rings.